The number of hydrogen-bond acceptors (Lipinski definition) is 7. The number of carbonyl (C=O) groups is 2. The van der Waals surface area contributed by atoms with Crippen LogP contribution in [-0.4, -0.2) is 51.9 Å². The van der Waals surface area contributed by atoms with E-state index >= 15 is 0 Å². The van der Waals surface area contributed by atoms with Crippen LogP contribution in [0.1, 0.15) is 48.6 Å². The van der Waals surface area contributed by atoms with Crippen LogP contribution in [0, 0.1) is 21.3 Å². The van der Waals surface area contributed by atoms with E-state index in [0.29, 0.717) is 43.0 Å². The molecule has 3 aromatic rings. The molecule has 15 heteroatoms. The van der Waals surface area contributed by atoms with E-state index in [-0.39, 0.29) is 42.4 Å². The number of aliphatic hydroxyl groups is 2. The minimum atomic E-state index is -5.20. The second kappa shape index (κ2) is 14.3. The van der Waals surface area contributed by atoms with Crippen LogP contribution in [-0.2, 0) is 21.9 Å². The Kier molecular flexibility index (Phi) is 10.7. The second-order valence-electron chi connectivity index (χ2n) is 12.1. The number of halogens is 7. The summed E-state index contributed by atoms with van der Waals surface area (Å²) in [5.74, 6) is -5.47. The van der Waals surface area contributed by atoms with Crippen molar-refractivity contribution in [3.8, 4) is 11.5 Å². The van der Waals surface area contributed by atoms with Crippen molar-refractivity contribution in [3.05, 3.63) is 91.8 Å². The molecule has 1 aromatic heterocycles. The van der Waals surface area contributed by atoms with Crippen LogP contribution in [0.4, 0.5) is 32.0 Å². The number of anilines is 1. The van der Waals surface area contributed by atoms with Crippen LogP contribution in [0.25, 0.3) is 11.6 Å². The van der Waals surface area contributed by atoms with Crippen molar-refractivity contribution in [3.63, 3.8) is 0 Å². The number of nitrogens with zero attached hydrogens (tertiary/aromatic N) is 2. The molecule has 4 atom stereocenters. The second-order valence-corrected chi connectivity index (χ2v) is 13.3. The van der Waals surface area contributed by atoms with Gasteiger partial charge in [-0.1, -0.05) is 11.6 Å². The van der Waals surface area contributed by atoms with Gasteiger partial charge in [-0.15, -0.1) is 0 Å². The van der Waals surface area contributed by atoms with Gasteiger partial charge >= 0.3 is 12.4 Å². The van der Waals surface area contributed by atoms with E-state index < -0.39 is 71.4 Å². The molecule has 0 radical (unpaired) electrons. The van der Waals surface area contributed by atoms with Crippen LogP contribution < -0.4 is 9.64 Å². The SMILES string of the molecule is COc1cc(/C=C(/CC[C@@H](O)C2=C(C)C[C@H]3C(=O)N(c4cc(C(F)(F)F)cc(C(F)(F)F)c4)C(=O)[C@H]3[C@H]2CO)c2ccccn2)cc(I)c1O. The van der Waals surface area contributed by atoms with Gasteiger partial charge in [-0.05, 0) is 114 Å². The number of phenolic OH excluding ortho intramolecular Hbond substituents is 1. The fourth-order valence-corrected chi connectivity index (χ4v) is 7.37. The van der Waals surface area contributed by atoms with E-state index in [1.54, 1.807) is 43.5 Å². The Hall–Kier alpha value is -3.96. The topological polar surface area (TPSA) is 120 Å². The van der Waals surface area contributed by atoms with Crippen molar-refractivity contribution in [2.75, 3.05) is 18.6 Å². The minimum Gasteiger partial charge on any atom is -0.504 e. The molecule has 2 heterocycles. The van der Waals surface area contributed by atoms with Crippen LogP contribution in [0.3, 0.4) is 0 Å². The number of fused-ring (bicyclic) bond motifs is 1. The molecule has 0 saturated carbocycles. The van der Waals surface area contributed by atoms with Crippen molar-refractivity contribution in [1.82, 2.24) is 4.98 Å². The first-order chi connectivity index (χ1) is 23.5. The van der Waals surface area contributed by atoms with Gasteiger partial charge in [-0.3, -0.25) is 14.6 Å². The molecule has 8 nitrogen and oxygen atoms in total. The van der Waals surface area contributed by atoms with Gasteiger partial charge in [-0.2, -0.15) is 26.3 Å². The highest BCUT2D eigenvalue weighted by atomic mass is 127. The molecule has 50 heavy (non-hydrogen) atoms. The number of aromatic hydroxyl groups is 1. The predicted molar refractivity (Wildman–Crippen MR) is 179 cm³/mol. The number of allylic oxidation sites excluding steroid dienone is 2. The molecule has 1 fully saturated rings. The van der Waals surface area contributed by atoms with Gasteiger partial charge in [0.25, 0.3) is 0 Å². The van der Waals surface area contributed by atoms with E-state index in [1.807, 2.05) is 28.7 Å². The highest BCUT2D eigenvalue weighted by Crippen LogP contribution is 2.48. The van der Waals surface area contributed by atoms with Crippen molar-refractivity contribution >= 4 is 51.7 Å². The Balaban J connectivity index is 1.45. The molecule has 0 spiro atoms. The molecule has 1 aliphatic carbocycles. The number of rotatable bonds is 9. The molecule has 1 saturated heterocycles. The number of aromatic nitrogens is 1. The normalized spacial score (nSPS) is 20.7. The number of ether oxygens (including phenoxy) is 1. The molecule has 2 amide bonds. The maximum atomic E-state index is 13.8. The summed E-state index contributed by atoms with van der Waals surface area (Å²) < 4.78 is 87.4. The lowest BCUT2D eigenvalue weighted by Gasteiger charge is -2.35. The summed E-state index contributed by atoms with van der Waals surface area (Å²) in [7, 11) is 1.41. The molecule has 5 rings (SSSR count). The third-order valence-corrected chi connectivity index (χ3v) is 9.83. The van der Waals surface area contributed by atoms with E-state index in [0.717, 1.165) is 0 Å². The summed E-state index contributed by atoms with van der Waals surface area (Å²) in [6, 6.07) is 9.18. The molecular weight excluding hydrogens is 785 g/mol. The highest BCUT2D eigenvalue weighted by Gasteiger charge is 2.55. The zero-order valence-electron chi connectivity index (χ0n) is 26.5. The van der Waals surface area contributed by atoms with Gasteiger partial charge in [0.2, 0.25) is 11.8 Å². The highest BCUT2D eigenvalue weighted by molar-refractivity contribution is 14.1. The summed E-state index contributed by atoms with van der Waals surface area (Å²) in [5, 5.41) is 32.3. The Morgan fingerprint density at radius 1 is 1.06 bits per heavy atom. The first-order valence-corrected chi connectivity index (χ1v) is 16.4. The number of hydrogen-bond donors (Lipinski definition) is 3. The average molecular weight is 817 g/mol. The Labute approximate surface area is 296 Å². The molecule has 2 aromatic carbocycles. The number of phenols is 1. The van der Waals surface area contributed by atoms with E-state index in [9.17, 15) is 51.3 Å². The number of benzene rings is 2. The number of carbonyl (C=O) groups excluding carboxylic acids is 2. The summed E-state index contributed by atoms with van der Waals surface area (Å²) in [6.07, 6.45) is -8.07. The van der Waals surface area contributed by atoms with Crippen LogP contribution >= 0.6 is 22.6 Å². The van der Waals surface area contributed by atoms with E-state index in [2.05, 4.69) is 4.98 Å². The summed E-state index contributed by atoms with van der Waals surface area (Å²) >= 11 is 1.96. The smallest absolute Gasteiger partial charge is 0.416 e. The van der Waals surface area contributed by atoms with Crippen molar-refractivity contribution in [1.29, 1.82) is 0 Å². The fraction of sp³-hybridized carbons (Fsp3) is 0.343. The standard InChI is InChI=1S/C35H31F6IN2O6/c1-17-9-23-30(33(49)44(32(23)48)22-14-20(34(36,37)38)13-21(15-22)35(39,40)41)24(16-45)29(17)27(46)7-6-19(26-5-3-4-8-43-26)10-18-11-25(42)31(47)28(12-18)50-2/h3-5,8,10-15,23-24,27,30,45-47H,6-7,9,16H2,1-2H3/b19-10-/t23-,24+,27-,30-/m1/s1. The van der Waals surface area contributed by atoms with Gasteiger partial charge in [0.15, 0.2) is 11.5 Å². The van der Waals surface area contributed by atoms with Crippen LogP contribution in [0.15, 0.2) is 65.9 Å². The van der Waals surface area contributed by atoms with Crippen molar-refractivity contribution in [2.45, 2.75) is 44.6 Å². The van der Waals surface area contributed by atoms with Gasteiger partial charge < -0.3 is 20.1 Å². The molecule has 0 bridgehead atoms. The fourth-order valence-electron chi connectivity index (χ4n) is 6.75. The number of imide groups is 1. The number of alkyl halides is 6. The molecule has 266 valence electrons. The maximum Gasteiger partial charge on any atom is 0.416 e. The zero-order chi connectivity index (χ0) is 36.7. The number of pyridine rings is 1. The zero-order valence-corrected chi connectivity index (χ0v) is 28.7. The van der Waals surface area contributed by atoms with E-state index in [4.69, 9.17) is 4.74 Å². The molecule has 0 unspecified atom stereocenters. The van der Waals surface area contributed by atoms with E-state index in [1.165, 1.54) is 7.11 Å². The number of amides is 2. The van der Waals surface area contributed by atoms with Gasteiger partial charge in [-0.25, -0.2) is 4.90 Å². The molecular formula is C35H31F6IN2O6. The lowest BCUT2D eigenvalue weighted by molar-refractivity contribution is -0.143. The maximum absolute atomic E-state index is 13.8. The van der Waals surface area contributed by atoms with Crippen molar-refractivity contribution in [2.24, 2.45) is 17.8 Å². The first kappa shape index (κ1) is 37.3. The summed E-state index contributed by atoms with van der Waals surface area (Å²) in [5.41, 5.74) is -1.55. The van der Waals surface area contributed by atoms with Crippen LogP contribution in [0.5, 0.6) is 11.5 Å². The minimum absolute atomic E-state index is 0.0273. The van der Waals surface area contributed by atoms with Crippen molar-refractivity contribution < 1.29 is 56.0 Å². The first-order valence-electron chi connectivity index (χ1n) is 15.3. The van der Waals surface area contributed by atoms with Gasteiger partial charge in [0.05, 0.1) is 57.7 Å². The van der Waals surface area contributed by atoms with Crippen LogP contribution in [0.2, 0.25) is 0 Å². The molecule has 3 N–H and O–H groups in total. The van der Waals surface area contributed by atoms with Gasteiger partial charge in [0.1, 0.15) is 0 Å². The lowest BCUT2D eigenvalue weighted by Crippen LogP contribution is -2.38. The molecule has 1 aliphatic heterocycles. The lowest BCUT2D eigenvalue weighted by atomic mass is 9.68. The predicted octanol–water partition coefficient (Wildman–Crippen LogP) is 7.25. The summed E-state index contributed by atoms with van der Waals surface area (Å²) in [4.78, 5) is 32.0. The summed E-state index contributed by atoms with van der Waals surface area (Å²) in [6.45, 7) is 0.882. The monoisotopic (exact) mass is 816 g/mol. The van der Waals surface area contributed by atoms with Gasteiger partial charge in [0, 0.05) is 12.1 Å². The average Bonchev–Trinajstić information content (AvgIpc) is 3.31. The Bertz CT molecular complexity index is 1830. The number of methoxy groups -OCH3 is 1. The Morgan fingerprint density at radius 2 is 1.72 bits per heavy atom. The molecule has 2 aliphatic rings. The quantitative estimate of drug-likeness (QED) is 0.0901. The number of aliphatic hydroxyl groups excluding tert-OH is 2. The Morgan fingerprint density at radius 3 is 2.28 bits per heavy atom. The third-order valence-electron chi connectivity index (χ3n) is 9.01. The largest absolute Gasteiger partial charge is 0.504 e. The third kappa shape index (κ3) is 7.39.